The summed E-state index contributed by atoms with van der Waals surface area (Å²) in [4.78, 5) is 22.1. The monoisotopic (exact) mass is 427 g/mol. The smallest absolute Gasteiger partial charge is 0.267 e. The third-order valence-electron chi connectivity index (χ3n) is 4.29. The van der Waals surface area contributed by atoms with Crippen molar-refractivity contribution in [2.75, 3.05) is 11.1 Å². The largest absolute Gasteiger partial charge is 0.366 e. The van der Waals surface area contributed by atoms with E-state index in [4.69, 9.17) is 33.9 Å². The zero-order valence-electron chi connectivity index (χ0n) is 15.2. The molecule has 4 rings (SSSR count). The van der Waals surface area contributed by atoms with Crippen molar-refractivity contribution < 1.29 is 0 Å². The Balaban J connectivity index is 1.93. The fourth-order valence-electron chi connectivity index (χ4n) is 3.01. The molecule has 2 aromatic heterocycles. The third kappa shape index (κ3) is 3.59. The first-order chi connectivity index (χ1) is 14.0. The number of nitrogens with two attached hydrogens (primary N) is 1. The van der Waals surface area contributed by atoms with Gasteiger partial charge in [0.15, 0.2) is 11.0 Å². The highest BCUT2D eigenvalue weighted by Crippen LogP contribution is 2.26. The van der Waals surface area contributed by atoms with Crippen LogP contribution in [0, 0.1) is 0 Å². The highest BCUT2D eigenvalue weighted by molar-refractivity contribution is 6.35. The first-order valence-electron chi connectivity index (χ1n) is 8.64. The molecule has 3 N–H and O–H groups in total. The number of hydrogen-bond donors (Lipinski definition) is 2. The number of para-hydroxylation sites is 1. The van der Waals surface area contributed by atoms with Gasteiger partial charge in [0.1, 0.15) is 5.82 Å². The molecular formula is C19H15Cl2N7O. The summed E-state index contributed by atoms with van der Waals surface area (Å²) in [6, 6.07) is 13.9. The Hall–Kier alpha value is -3.23. The normalized spacial score (nSPS) is 12.1. The minimum absolute atomic E-state index is 0.0252. The van der Waals surface area contributed by atoms with Crippen molar-refractivity contribution in [3.8, 4) is 5.69 Å². The van der Waals surface area contributed by atoms with E-state index < -0.39 is 6.04 Å². The highest BCUT2D eigenvalue weighted by atomic mass is 35.5. The maximum Gasteiger partial charge on any atom is 0.267 e. The minimum Gasteiger partial charge on any atom is -0.366 e. The van der Waals surface area contributed by atoms with E-state index in [0.29, 0.717) is 27.4 Å². The van der Waals surface area contributed by atoms with E-state index in [9.17, 15) is 4.79 Å². The molecule has 4 aromatic rings. The van der Waals surface area contributed by atoms with Crippen LogP contribution in [0.15, 0.2) is 53.3 Å². The van der Waals surface area contributed by atoms with Crippen LogP contribution >= 0.6 is 23.2 Å². The Bertz CT molecular complexity index is 1260. The van der Waals surface area contributed by atoms with Gasteiger partial charge in [-0.3, -0.25) is 9.36 Å². The lowest BCUT2D eigenvalue weighted by Gasteiger charge is -2.20. The maximum absolute atomic E-state index is 13.4. The molecule has 2 aromatic carbocycles. The number of benzene rings is 2. The van der Waals surface area contributed by atoms with E-state index in [1.165, 1.54) is 4.57 Å². The van der Waals surface area contributed by atoms with Crippen LogP contribution in [0.5, 0.6) is 0 Å². The second-order valence-corrected chi connectivity index (χ2v) is 7.02. The number of anilines is 2. The van der Waals surface area contributed by atoms with Gasteiger partial charge in [-0.15, -0.1) is 10.2 Å². The van der Waals surface area contributed by atoms with Crippen molar-refractivity contribution in [3.05, 3.63) is 74.9 Å². The lowest BCUT2D eigenvalue weighted by Crippen LogP contribution is -2.27. The van der Waals surface area contributed by atoms with Crippen molar-refractivity contribution in [3.63, 3.8) is 0 Å². The summed E-state index contributed by atoms with van der Waals surface area (Å²) >= 11 is 12.4. The third-order valence-corrected chi connectivity index (χ3v) is 4.86. The van der Waals surface area contributed by atoms with Crippen LogP contribution in [0.4, 0.5) is 11.8 Å². The fraction of sp³-hybridized carbons (Fsp3) is 0.105. The van der Waals surface area contributed by atoms with Crippen molar-refractivity contribution in [2.45, 2.75) is 13.0 Å². The van der Waals surface area contributed by atoms with E-state index in [2.05, 4.69) is 20.5 Å². The summed E-state index contributed by atoms with van der Waals surface area (Å²) in [6.45, 7) is 1.83. The molecule has 0 aliphatic heterocycles. The number of nitrogen functional groups attached to an aromatic ring is 1. The van der Waals surface area contributed by atoms with Gasteiger partial charge in [-0.1, -0.05) is 47.5 Å². The molecule has 10 heteroatoms. The Kier molecular flexibility index (Phi) is 5.04. The van der Waals surface area contributed by atoms with Crippen molar-refractivity contribution in [1.29, 1.82) is 0 Å². The van der Waals surface area contributed by atoms with Gasteiger partial charge in [-0.2, -0.15) is 4.98 Å². The lowest BCUT2D eigenvalue weighted by molar-refractivity contribution is 0.729. The summed E-state index contributed by atoms with van der Waals surface area (Å²) < 4.78 is 1.51. The first-order valence-corrected chi connectivity index (χ1v) is 9.40. The van der Waals surface area contributed by atoms with Crippen LogP contribution in [0.25, 0.3) is 16.6 Å². The van der Waals surface area contributed by atoms with Gasteiger partial charge >= 0.3 is 0 Å². The topological polar surface area (TPSA) is 112 Å². The van der Waals surface area contributed by atoms with Gasteiger partial charge in [0, 0.05) is 0 Å². The number of hydrogen-bond acceptors (Lipinski definition) is 7. The van der Waals surface area contributed by atoms with Crippen molar-refractivity contribution in [2.24, 2.45) is 0 Å². The highest BCUT2D eigenvalue weighted by Gasteiger charge is 2.20. The molecular weight excluding hydrogens is 413 g/mol. The molecule has 29 heavy (non-hydrogen) atoms. The predicted octanol–water partition coefficient (Wildman–Crippen LogP) is 3.63. The molecule has 0 saturated carbocycles. The molecule has 0 amide bonds. The zero-order valence-corrected chi connectivity index (χ0v) is 16.7. The van der Waals surface area contributed by atoms with Gasteiger partial charge in [-0.05, 0) is 31.2 Å². The van der Waals surface area contributed by atoms with Gasteiger partial charge in [0.25, 0.3) is 5.56 Å². The summed E-state index contributed by atoms with van der Waals surface area (Å²) in [5.74, 6) is 0.665. The summed E-state index contributed by atoms with van der Waals surface area (Å²) in [6.07, 6.45) is 0. The predicted molar refractivity (Wildman–Crippen MR) is 114 cm³/mol. The van der Waals surface area contributed by atoms with Gasteiger partial charge in [0.2, 0.25) is 5.95 Å². The maximum atomic E-state index is 13.4. The number of rotatable bonds is 4. The number of nitrogens with zero attached hydrogens (tertiary/aromatic N) is 5. The standard InChI is InChI=1S/C19H15Cl2N7O/c1-10(23-16-15(21)26-27-19(22)25-16)17-24-13-9-5-8-12(20)14(13)18(29)28(17)11-6-3-2-4-7-11/h2-10H,1H3,(H3,22,23,25,27). The molecule has 1 atom stereocenters. The Labute approximate surface area is 175 Å². The Morgan fingerprint density at radius 3 is 2.55 bits per heavy atom. The molecule has 0 saturated heterocycles. The van der Waals surface area contributed by atoms with Crippen LogP contribution in [0.1, 0.15) is 18.8 Å². The van der Waals surface area contributed by atoms with Crippen LogP contribution in [0.2, 0.25) is 10.2 Å². The number of aromatic nitrogens is 5. The quantitative estimate of drug-likeness (QED) is 0.511. The van der Waals surface area contributed by atoms with Gasteiger partial charge in [0.05, 0.1) is 27.7 Å². The Morgan fingerprint density at radius 1 is 1.03 bits per heavy atom. The fourth-order valence-corrected chi connectivity index (χ4v) is 3.40. The van der Waals surface area contributed by atoms with Gasteiger partial charge < -0.3 is 11.1 Å². The molecule has 2 heterocycles. The molecule has 0 fully saturated rings. The van der Waals surface area contributed by atoms with E-state index in [0.717, 1.165) is 0 Å². The molecule has 8 nitrogen and oxygen atoms in total. The van der Waals surface area contributed by atoms with E-state index in [-0.39, 0.29) is 22.5 Å². The average Bonchev–Trinajstić information content (AvgIpc) is 2.71. The van der Waals surface area contributed by atoms with Crippen LogP contribution < -0.4 is 16.6 Å². The second-order valence-electron chi connectivity index (χ2n) is 6.26. The van der Waals surface area contributed by atoms with Crippen LogP contribution in [-0.4, -0.2) is 24.7 Å². The first kappa shape index (κ1) is 19.1. The van der Waals surface area contributed by atoms with E-state index in [1.807, 2.05) is 37.3 Å². The number of halogens is 2. The summed E-state index contributed by atoms with van der Waals surface area (Å²) in [5, 5.41) is 11.2. The second kappa shape index (κ2) is 7.65. The van der Waals surface area contributed by atoms with Crippen molar-refractivity contribution >= 4 is 45.9 Å². The molecule has 0 aliphatic rings. The Morgan fingerprint density at radius 2 is 1.79 bits per heavy atom. The number of fused-ring (bicyclic) bond motifs is 1. The van der Waals surface area contributed by atoms with Gasteiger partial charge in [-0.25, -0.2) is 4.98 Å². The average molecular weight is 428 g/mol. The summed E-state index contributed by atoms with van der Waals surface area (Å²) in [5.41, 5.74) is 6.48. The van der Waals surface area contributed by atoms with Crippen LogP contribution in [0.3, 0.4) is 0 Å². The SMILES string of the molecule is CC(Nc1nc(N)nnc1Cl)c1nc2cccc(Cl)c2c(=O)n1-c1ccccc1. The van der Waals surface area contributed by atoms with Crippen LogP contribution in [-0.2, 0) is 0 Å². The molecule has 0 aliphatic carbocycles. The lowest BCUT2D eigenvalue weighted by atomic mass is 10.2. The minimum atomic E-state index is -0.472. The number of nitrogens with one attached hydrogen (secondary N) is 1. The molecule has 0 bridgehead atoms. The molecule has 146 valence electrons. The summed E-state index contributed by atoms with van der Waals surface area (Å²) in [7, 11) is 0. The van der Waals surface area contributed by atoms with Crippen molar-refractivity contribution in [1.82, 2.24) is 24.7 Å². The zero-order chi connectivity index (χ0) is 20.5. The molecule has 0 spiro atoms. The molecule has 0 radical (unpaired) electrons. The van der Waals surface area contributed by atoms with E-state index >= 15 is 0 Å². The molecule has 1 unspecified atom stereocenters. The van der Waals surface area contributed by atoms with E-state index in [1.54, 1.807) is 18.2 Å².